The average molecular weight is 365 g/mol. The van der Waals surface area contributed by atoms with E-state index in [9.17, 15) is 4.79 Å². The van der Waals surface area contributed by atoms with Crippen LogP contribution in [0.25, 0.3) is 6.08 Å². The average Bonchev–Trinajstić information content (AvgIpc) is 3.03. The SMILES string of the molecule is O=C(/C=C/c1cccnc1)NCC[C@@]1(F)[C@@H]2CN(Cc3ccccc3)C[C@@H]21. The van der Waals surface area contributed by atoms with Crippen molar-refractivity contribution in [2.75, 3.05) is 19.6 Å². The van der Waals surface area contributed by atoms with Gasteiger partial charge in [-0.2, -0.15) is 0 Å². The lowest BCUT2D eigenvalue weighted by Crippen LogP contribution is -2.32. The second kappa shape index (κ2) is 7.61. The van der Waals surface area contributed by atoms with Gasteiger partial charge in [0.05, 0.1) is 0 Å². The number of piperidine rings is 1. The van der Waals surface area contributed by atoms with Gasteiger partial charge in [-0.1, -0.05) is 36.4 Å². The molecule has 1 aromatic carbocycles. The number of rotatable bonds is 7. The van der Waals surface area contributed by atoms with E-state index in [-0.39, 0.29) is 17.7 Å². The summed E-state index contributed by atoms with van der Waals surface area (Å²) in [5.41, 5.74) is 1.04. The Labute approximate surface area is 159 Å². The van der Waals surface area contributed by atoms with Gasteiger partial charge in [0.2, 0.25) is 5.91 Å². The van der Waals surface area contributed by atoms with Crippen molar-refractivity contribution >= 4 is 12.0 Å². The standard InChI is InChI=1S/C22H24FN3O/c23-22(10-12-25-21(27)9-8-17-7-4-11-24-13-17)19-15-26(16-20(19)22)14-18-5-2-1-3-6-18/h1-9,11,13,19-20H,10,12,14-16H2,(H,25,27)/b9-8+/t19-,20+,22-. The van der Waals surface area contributed by atoms with Gasteiger partial charge in [0.25, 0.3) is 0 Å². The molecule has 1 amide bonds. The molecule has 3 atom stereocenters. The van der Waals surface area contributed by atoms with Crippen LogP contribution in [-0.2, 0) is 11.3 Å². The van der Waals surface area contributed by atoms with Gasteiger partial charge in [-0.3, -0.25) is 14.7 Å². The number of alkyl halides is 1. The molecule has 0 unspecified atom stereocenters. The maximum atomic E-state index is 15.0. The number of nitrogens with one attached hydrogen (secondary N) is 1. The normalized spacial score (nSPS) is 26.9. The molecule has 1 aliphatic carbocycles. The summed E-state index contributed by atoms with van der Waals surface area (Å²) in [5.74, 6) is 0.0343. The fourth-order valence-electron chi connectivity index (χ4n) is 4.18. The van der Waals surface area contributed by atoms with Crippen molar-refractivity contribution in [2.45, 2.75) is 18.6 Å². The molecule has 1 saturated heterocycles. The molecule has 1 saturated carbocycles. The first-order valence-corrected chi connectivity index (χ1v) is 9.46. The molecule has 4 nitrogen and oxygen atoms in total. The number of likely N-dealkylation sites (tertiary alicyclic amines) is 1. The van der Waals surface area contributed by atoms with Crippen molar-refractivity contribution in [3.05, 3.63) is 72.1 Å². The van der Waals surface area contributed by atoms with Crippen LogP contribution >= 0.6 is 0 Å². The minimum atomic E-state index is -1.10. The molecular formula is C22H24FN3O. The van der Waals surface area contributed by atoms with E-state index in [0.717, 1.165) is 25.2 Å². The first-order chi connectivity index (χ1) is 13.1. The third-order valence-corrected chi connectivity index (χ3v) is 5.69. The summed E-state index contributed by atoms with van der Waals surface area (Å²) in [6.07, 6.45) is 6.95. The first kappa shape index (κ1) is 17.9. The van der Waals surface area contributed by atoms with Gasteiger partial charge in [-0.05, 0) is 29.7 Å². The number of hydrogen-bond donors (Lipinski definition) is 1. The Hall–Kier alpha value is -2.53. The summed E-state index contributed by atoms with van der Waals surface area (Å²) < 4.78 is 15.0. The number of carbonyl (C=O) groups excluding carboxylic acids is 1. The second-order valence-electron chi connectivity index (χ2n) is 7.48. The maximum absolute atomic E-state index is 15.0. The molecule has 2 heterocycles. The van der Waals surface area contributed by atoms with E-state index in [0.29, 0.717) is 13.0 Å². The van der Waals surface area contributed by atoms with Crippen LogP contribution < -0.4 is 5.32 Å². The highest BCUT2D eigenvalue weighted by molar-refractivity contribution is 5.91. The quantitative estimate of drug-likeness (QED) is 0.767. The van der Waals surface area contributed by atoms with E-state index < -0.39 is 5.67 Å². The summed E-state index contributed by atoms with van der Waals surface area (Å²) in [6.45, 7) is 2.88. The Morgan fingerprint density at radius 3 is 2.70 bits per heavy atom. The molecule has 0 radical (unpaired) electrons. The van der Waals surface area contributed by atoms with E-state index in [4.69, 9.17) is 0 Å². The number of pyridine rings is 1. The van der Waals surface area contributed by atoms with E-state index in [1.165, 1.54) is 11.6 Å². The smallest absolute Gasteiger partial charge is 0.244 e. The molecule has 0 bridgehead atoms. The van der Waals surface area contributed by atoms with Crippen LogP contribution in [0.3, 0.4) is 0 Å². The molecule has 2 aliphatic rings. The van der Waals surface area contributed by atoms with Crippen LogP contribution in [0.5, 0.6) is 0 Å². The van der Waals surface area contributed by atoms with Gasteiger partial charge < -0.3 is 5.32 Å². The summed E-state index contributed by atoms with van der Waals surface area (Å²) in [4.78, 5) is 18.2. The Morgan fingerprint density at radius 1 is 1.22 bits per heavy atom. The highest BCUT2D eigenvalue weighted by Gasteiger charge is 2.68. The summed E-state index contributed by atoms with van der Waals surface area (Å²) in [6, 6.07) is 14.0. The third-order valence-electron chi connectivity index (χ3n) is 5.69. The van der Waals surface area contributed by atoms with Crippen molar-refractivity contribution < 1.29 is 9.18 Å². The Bertz CT molecular complexity index is 797. The van der Waals surface area contributed by atoms with Gasteiger partial charge in [0.1, 0.15) is 5.67 Å². The summed E-state index contributed by atoms with van der Waals surface area (Å²) in [7, 11) is 0. The zero-order valence-electron chi connectivity index (χ0n) is 15.2. The number of halogens is 1. The molecule has 4 rings (SSSR count). The topological polar surface area (TPSA) is 45.2 Å². The van der Waals surface area contributed by atoms with Crippen molar-refractivity contribution in [3.8, 4) is 0 Å². The first-order valence-electron chi connectivity index (χ1n) is 9.46. The number of hydrogen-bond acceptors (Lipinski definition) is 3. The largest absolute Gasteiger partial charge is 0.352 e. The lowest BCUT2D eigenvalue weighted by molar-refractivity contribution is -0.116. The fourth-order valence-corrected chi connectivity index (χ4v) is 4.18. The molecule has 1 aliphatic heterocycles. The maximum Gasteiger partial charge on any atom is 0.244 e. The zero-order chi connectivity index (χ0) is 18.7. The Kier molecular flexibility index (Phi) is 5.03. The molecule has 1 N–H and O–H groups in total. The Balaban J connectivity index is 1.18. The predicted molar refractivity (Wildman–Crippen MR) is 103 cm³/mol. The molecule has 5 heteroatoms. The second-order valence-corrected chi connectivity index (χ2v) is 7.48. The molecular weight excluding hydrogens is 341 g/mol. The van der Waals surface area contributed by atoms with Gasteiger partial charge in [0, 0.05) is 56.5 Å². The van der Waals surface area contributed by atoms with Gasteiger partial charge in [-0.15, -0.1) is 0 Å². The van der Waals surface area contributed by atoms with Crippen LogP contribution in [0.2, 0.25) is 0 Å². The van der Waals surface area contributed by atoms with Crippen LogP contribution in [0.4, 0.5) is 4.39 Å². The molecule has 2 aromatic rings. The predicted octanol–water partition coefficient (Wildman–Crippen LogP) is 3.07. The van der Waals surface area contributed by atoms with Crippen LogP contribution in [0.1, 0.15) is 17.5 Å². The number of carbonyl (C=O) groups is 1. The Morgan fingerprint density at radius 2 is 2.00 bits per heavy atom. The highest BCUT2D eigenvalue weighted by atomic mass is 19.1. The molecule has 27 heavy (non-hydrogen) atoms. The number of aromatic nitrogens is 1. The highest BCUT2D eigenvalue weighted by Crippen LogP contribution is 2.60. The van der Waals surface area contributed by atoms with Crippen molar-refractivity contribution in [1.82, 2.24) is 15.2 Å². The van der Waals surface area contributed by atoms with Crippen molar-refractivity contribution in [2.24, 2.45) is 11.8 Å². The minimum Gasteiger partial charge on any atom is -0.352 e. The molecule has 2 fully saturated rings. The number of amides is 1. The number of nitrogens with zero attached hydrogens (tertiary/aromatic N) is 2. The van der Waals surface area contributed by atoms with E-state index >= 15 is 4.39 Å². The fraction of sp³-hybridized carbons (Fsp3) is 0.364. The molecule has 0 spiro atoms. The van der Waals surface area contributed by atoms with Crippen LogP contribution in [0.15, 0.2) is 60.9 Å². The van der Waals surface area contributed by atoms with Crippen LogP contribution in [-0.4, -0.2) is 41.1 Å². The third kappa shape index (κ3) is 4.08. The number of fused-ring (bicyclic) bond motifs is 1. The summed E-state index contributed by atoms with van der Waals surface area (Å²) in [5, 5.41) is 2.79. The monoisotopic (exact) mass is 365 g/mol. The van der Waals surface area contributed by atoms with Crippen molar-refractivity contribution in [3.63, 3.8) is 0 Å². The summed E-state index contributed by atoms with van der Waals surface area (Å²) >= 11 is 0. The lowest BCUT2D eigenvalue weighted by atomic mass is 10.1. The van der Waals surface area contributed by atoms with Gasteiger partial charge >= 0.3 is 0 Å². The lowest BCUT2D eigenvalue weighted by Gasteiger charge is -2.22. The van der Waals surface area contributed by atoms with Gasteiger partial charge in [0.15, 0.2) is 0 Å². The van der Waals surface area contributed by atoms with Crippen LogP contribution in [0, 0.1) is 11.8 Å². The van der Waals surface area contributed by atoms with Crippen molar-refractivity contribution in [1.29, 1.82) is 0 Å². The van der Waals surface area contributed by atoms with E-state index in [1.807, 2.05) is 30.3 Å². The van der Waals surface area contributed by atoms with Gasteiger partial charge in [-0.25, -0.2) is 4.39 Å². The number of benzene rings is 1. The minimum absolute atomic E-state index is 0.115. The molecule has 1 aromatic heterocycles. The molecule has 140 valence electrons. The zero-order valence-corrected chi connectivity index (χ0v) is 15.2. The van der Waals surface area contributed by atoms with E-state index in [1.54, 1.807) is 18.5 Å². The van der Waals surface area contributed by atoms with E-state index in [2.05, 4.69) is 27.3 Å².